The average molecular weight is 275 g/mol. The highest BCUT2D eigenvalue weighted by atomic mass is 16.5. The second kappa shape index (κ2) is 6.37. The molecule has 1 heterocycles. The first kappa shape index (κ1) is 16.0. The van der Waals surface area contributed by atoms with Crippen molar-refractivity contribution in [1.29, 1.82) is 0 Å². The number of hydrogen-bond donors (Lipinski definition) is 1. The minimum Gasteiger partial charge on any atom is -0.462 e. The van der Waals surface area contributed by atoms with Crippen LogP contribution in [0.15, 0.2) is 24.3 Å². The Bertz CT molecular complexity index is 606. The molecule has 0 amide bonds. The van der Waals surface area contributed by atoms with E-state index in [4.69, 9.17) is 0 Å². The van der Waals surface area contributed by atoms with Crippen molar-refractivity contribution < 1.29 is 14.3 Å². The third kappa shape index (κ3) is 4.88. The smallest absolute Gasteiger partial charge is 0.293 e. The Labute approximate surface area is 119 Å². The fourth-order valence-electron chi connectivity index (χ4n) is 1.64. The van der Waals surface area contributed by atoms with Gasteiger partial charge in [0.1, 0.15) is 5.60 Å². The third-order valence-electron chi connectivity index (χ3n) is 2.56. The van der Waals surface area contributed by atoms with Gasteiger partial charge in [-0.05, 0) is 58.9 Å². The van der Waals surface area contributed by atoms with E-state index in [2.05, 4.69) is 9.72 Å². The molecule has 0 bridgehead atoms. The van der Waals surface area contributed by atoms with Gasteiger partial charge >= 0.3 is 0 Å². The molecule has 1 aromatic heterocycles. The summed E-state index contributed by atoms with van der Waals surface area (Å²) in [6.45, 7) is 9.51. The molecule has 2 aromatic rings. The van der Waals surface area contributed by atoms with E-state index >= 15 is 0 Å². The molecule has 0 saturated heterocycles. The maximum Gasteiger partial charge on any atom is 0.293 e. The number of ketones is 1. The first-order valence-electron chi connectivity index (χ1n) is 6.45. The van der Waals surface area contributed by atoms with Crippen LogP contribution in [0.3, 0.4) is 0 Å². The van der Waals surface area contributed by atoms with Crippen molar-refractivity contribution >= 4 is 23.2 Å². The van der Waals surface area contributed by atoms with Crippen LogP contribution >= 0.6 is 0 Å². The molecule has 4 heteroatoms. The van der Waals surface area contributed by atoms with E-state index in [-0.39, 0.29) is 11.4 Å². The summed E-state index contributed by atoms with van der Waals surface area (Å²) in [6, 6.07) is 7.75. The van der Waals surface area contributed by atoms with Gasteiger partial charge in [0.25, 0.3) is 6.47 Å². The van der Waals surface area contributed by atoms with E-state index in [1.54, 1.807) is 6.92 Å². The molecule has 4 nitrogen and oxygen atoms in total. The summed E-state index contributed by atoms with van der Waals surface area (Å²) < 4.78 is 4.55. The fourth-order valence-corrected chi connectivity index (χ4v) is 1.64. The number of nitrogens with one attached hydrogen (secondary N) is 1. The molecule has 0 atom stereocenters. The highest BCUT2D eigenvalue weighted by Gasteiger charge is 2.07. The molecule has 108 valence electrons. The van der Waals surface area contributed by atoms with Crippen molar-refractivity contribution in [3.63, 3.8) is 0 Å². The van der Waals surface area contributed by atoms with Gasteiger partial charge in [0.2, 0.25) is 0 Å². The molecule has 0 aliphatic rings. The molecule has 2 rings (SSSR count). The van der Waals surface area contributed by atoms with Crippen molar-refractivity contribution in [3.8, 4) is 0 Å². The first-order valence-corrected chi connectivity index (χ1v) is 6.45. The Morgan fingerprint density at radius 1 is 1.25 bits per heavy atom. The maximum absolute atomic E-state index is 11.1. The zero-order valence-corrected chi connectivity index (χ0v) is 12.6. The summed E-state index contributed by atoms with van der Waals surface area (Å²) in [5, 5.41) is 1.10. The van der Waals surface area contributed by atoms with Crippen LogP contribution in [0.5, 0.6) is 0 Å². The van der Waals surface area contributed by atoms with Gasteiger partial charge in [-0.25, -0.2) is 0 Å². The largest absolute Gasteiger partial charge is 0.462 e. The van der Waals surface area contributed by atoms with E-state index < -0.39 is 0 Å². The van der Waals surface area contributed by atoms with E-state index in [0.717, 1.165) is 22.2 Å². The van der Waals surface area contributed by atoms with Crippen LogP contribution in [-0.4, -0.2) is 22.8 Å². The monoisotopic (exact) mass is 275 g/mol. The van der Waals surface area contributed by atoms with Crippen LogP contribution in [0, 0.1) is 6.92 Å². The normalized spacial score (nSPS) is 10.7. The molecule has 0 aliphatic heterocycles. The summed E-state index contributed by atoms with van der Waals surface area (Å²) in [5.41, 5.74) is 2.66. The summed E-state index contributed by atoms with van der Waals surface area (Å²) in [5.74, 6) is 0.112. The van der Waals surface area contributed by atoms with Crippen molar-refractivity contribution in [1.82, 2.24) is 4.98 Å². The fraction of sp³-hybridized carbons (Fsp3) is 0.375. The number of rotatable bonds is 2. The number of fused-ring (bicyclic) bond motifs is 1. The maximum atomic E-state index is 11.1. The van der Waals surface area contributed by atoms with Crippen molar-refractivity contribution in [3.05, 3.63) is 35.5 Å². The molecule has 1 aromatic carbocycles. The topological polar surface area (TPSA) is 59.2 Å². The van der Waals surface area contributed by atoms with Crippen molar-refractivity contribution in [2.75, 3.05) is 0 Å². The Balaban J connectivity index is 0.000000246. The lowest BCUT2D eigenvalue weighted by Gasteiger charge is -2.14. The number of aryl methyl sites for hydroxylation is 1. The molecule has 20 heavy (non-hydrogen) atoms. The molecule has 0 radical (unpaired) electrons. The van der Waals surface area contributed by atoms with Gasteiger partial charge in [0.15, 0.2) is 5.78 Å². The molecule has 0 fully saturated rings. The lowest BCUT2D eigenvalue weighted by molar-refractivity contribution is -0.138. The summed E-state index contributed by atoms with van der Waals surface area (Å²) in [4.78, 5) is 23.9. The number of aromatic nitrogens is 1. The quantitative estimate of drug-likeness (QED) is 0.672. The van der Waals surface area contributed by atoms with E-state index in [9.17, 15) is 9.59 Å². The predicted molar refractivity (Wildman–Crippen MR) is 79.9 cm³/mol. The number of carbonyl (C=O) groups excluding carboxylic acids is 2. The van der Waals surface area contributed by atoms with Gasteiger partial charge in [0.05, 0.1) is 0 Å². The zero-order chi connectivity index (χ0) is 15.3. The Hall–Kier alpha value is -2.10. The number of ether oxygens (including phenoxy) is 1. The van der Waals surface area contributed by atoms with Crippen LogP contribution in [0.4, 0.5) is 0 Å². The lowest BCUT2D eigenvalue weighted by atomic mass is 10.1. The molecule has 0 aliphatic carbocycles. The van der Waals surface area contributed by atoms with E-state index in [1.165, 1.54) is 0 Å². The van der Waals surface area contributed by atoms with Gasteiger partial charge in [-0.2, -0.15) is 0 Å². The van der Waals surface area contributed by atoms with Crippen molar-refractivity contribution in [2.45, 2.75) is 40.2 Å². The van der Waals surface area contributed by atoms with Crippen LogP contribution in [0.1, 0.15) is 43.7 Å². The van der Waals surface area contributed by atoms with E-state index in [0.29, 0.717) is 6.47 Å². The Morgan fingerprint density at radius 3 is 2.35 bits per heavy atom. The average Bonchev–Trinajstić information content (AvgIpc) is 2.66. The number of hydrogen-bond acceptors (Lipinski definition) is 3. The molecule has 0 unspecified atom stereocenters. The van der Waals surface area contributed by atoms with Crippen LogP contribution < -0.4 is 0 Å². The number of Topliss-reactive ketones (excluding diaryl/α,β-unsaturated/α-hetero) is 1. The van der Waals surface area contributed by atoms with Gasteiger partial charge in [-0.15, -0.1) is 0 Å². The molecule has 0 saturated carbocycles. The lowest BCUT2D eigenvalue weighted by Crippen LogP contribution is -2.17. The minimum atomic E-state index is -0.318. The highest BCUT2D eigenvalue weighted by Crippen LogP contribution is 2.16. The SMILES string of the molecule is CC(=O)c1ccc2[nH]c(C)cc2c1.CC(C)(C)OC=O. The van der Waals surface area contributed by atoms with Gasteiger partial charge in [0, 0.05) is 22.2 Å². The standard InChI is InChI=1S/C11H11NO.C5H10O2/c1-7-5-10-6-9(8(2)13)3-4-11(10)12-7;1-5(2,3)7-4-6/h3-6,12H,1-2H3;4H,1-3H3. The Kier molecular flexibility index (Phi) is 5.08. The van der Waals surface area contributed by atoms with Crippen LogP contribution in [0.2, 0.25) is 0 Å². The predicted octanol–water partition coefficient (Wildman–Crippen LogP) is 3.64. The third-order valence-corrected chi connectivity index (χ3v) is 2.56. The van der Waals surface area contributed by atoms with Crippen LogP contribution in [0.25, 0.3) is 10.9 Å². The second-order valence-corrected chi connectivity index (χ2v) is 5.64. The molecule has 1 N–H and O–H groups in total. The number of carbonyl (C=O) groups is 2. The van der Waals surface area contributed by atoms with Crippen molar-refractivity contribution in [2.24, 2.45) is 0 Å². The zero-order valence-electron chi connectivity index (χ0n) is 12.6. The van der Waals surface area contributed by atoms with Gasteiger partial charge < -0.3 is 9.72 Å². The summed E-state index contributed by atoms with van der Waals surface area (Å²) in [7, 11) is 0. The van der Waals surface area contributed by atoms with Gasteiger partial charge in [-0.3, -0.25) is 9.59 Å². The highest BCUT2D eigenvalue weighted by molar-refractivity contribution is 5.98. The summed E-state index contributed by atoms with van der Waals surface area (Å²) >= 11 is 0. The Morgan fingerprint density at radius 2 is 1.90 bits per heavy atom. The van der Waals surface area contributed by atoms with Crippen LogP contribution in [-0.2, 0) is 9.53 Å². The van der Waals surface area contributed by atoms with E-state index in [1.807, 2.05) is 52.0 Å². The number of benzene rings is 1. The van der Waals surface area contributed by atoms with Gasteiger partial charge in [-0.1, -0.05) is 0 Å². The second-order valence-electron chi connectivity index (χ2n) is 5.64. The number of H-pyrrole nitrogens is 1. The molecule has 0 spiro atoms. The number of aromatic amines is 1. The minimum absolute atomic E-state index is 0.112. The first-order chi connectivity index (χ1) is 9.23. The molecular formula is C16H21NO3. The molecular weight excluding hydrogens is 254 g/mol. The summed E-state index contributed by atoms with van der Waals surface area (Å²) in [6.07, 6.45) is 0.